The van der Waals surface area contributed by atoms with Gasteiger partial charge in [-0.2, -0.15) is 4.98 Å². The summed E-state index contributed by atoms with van der Waals surface area (Å²) in [5, 5.41) is 17.7. The van der Waals surface area contributed by atoms with Gasteiger partial charge >= 0.3 is 0 Å². The van der Waals surface area contributed by atoms with Crippen molar-refractivity contribution >= 4 is 29.3 Å². The highest BCUT2D eigenvalue weighted by Crippen LogP contribution is 2.34. The first-order valence-electron chi connectivity index (χ1n) is 15.1. The first-order valence-corrected chi connectivity index (χ1v) is 15.5. The molecular formula is C30H39ClN8O5. The lowest BCUT2D eigenvalue weighted by Crippen LogP contribution is -2.47. The number of aromatic nitrogens is 3. The molecule has 14 heteroatoms. The fraction of sp³-hybridized carbons (Fsp3) is 0.533. The van der Waals surface area contributed by atoms with Gasteiger partial charge in [-0.05, 0) is 30.2 Å². The third-order valence-corrected chi connectivity index (χ3v) is 8.65. The van der Waals surface area contributed by atoms with Gasteiger partial charge in [-0.25, -0.2) is 9.97 Å². The molecule has 2 aromatic heterocycles. The number of halogens is 1. The Morgan fingerprint density at radius 1 is 1.18 bits per heavy atom. The van der Waals surface area contributed by atoms with Crippen LogP contribution in [0.4, 0.5) is 11.8 Å². The Morgan fingerprint density at radius 3 is 2.75 bits per heavy atom. The Labute approximate surface area is 261 Å². The van der Waals surface area contributed by atoms with Gasteiger partial charge in [0.25, 0.3) is 5.91 Å². The summed E-state index contributed by atoms with van der Waals surface area (Å²) in [7, 11) is 0. The molecule has 0 saturated carbocycles. The van der Waals surface area contributed by atoms with E-state index < -0.39 is 6.10 Å². The van der Waals surface area contributed by atoms with Gasteiger partial charge in [0, 0.05) is 58.4 Å². The number of rotatable bonds is 12. The van der Waals surface area contributed by atoms with Crippen LogP contribution in [0.25, 0.3) is 0 Å². The number of benzene rings is 1. The number of aliphatic hydroxyl groups is 1. The Kier molecular flexibility index (Phi) is 9.77. The molecule has 0 aliphatic carbocycles. The Bertz CT molecular complexity index is 1410. The van der Waals surface area contributed by atoms with Crippen LogP contribution < -0.4 is 20.3 Å². The molecule has 236 valence electrons. The van der Waals surface area contributed by atoms with Crippen molar-refractivity contribution in [1.82, 2.24) is 30.1 Å². The second-order valence-electron chi connectivity index (χ2n) is 11.4. The molecule has 44 heavy (non-hydrogen) atoms. The molecule has 3 aromatic rings. The molecule has 1 aromatic carbocycles. The molecule has 0 spiro atoms. The number of ether oxygens (including phenoxy) is 2. The SMILES string of the molecule is CCN1CCN(c2nc(NC3COC3)cc(C(=O)NCC(O)CN3CCc4c(ccc(OCc5cnco5)c4Cl)C3)n2)CC1. The van der Waals surface area contributed by atoms with Crippen LogP contribution in [0.1, 0.15) is 34.3 Å². The van der Waals surface area contributed by atoms with Crippen LogP contribution in [-0.4, -0.2) is 113 Å². The Morgan fingerprint density at radius 2 is 2.02 bits per heavy atom. The highest BCUT2D eigenvalue weighted by Gasteiger charge is 2.25. The summed E-state index contributed by atoms with van der Waals surface area (Å²) >= 11 is 6.67. The van der Waals surface area contributed by atoms with Crippen LogP contribution in [0, 0.1) is 0 Å². The summed E-state index contributed by atoms with van der Waals surface area (Å²) in [6.45, 7) is 9.95. The number of oxazole rings is 1. The second kappa shape index (κ2) is 14.1. The average Bonchev–Trinajstić information content (AvgIpc) is 3.55. The first-order chi connectivity index (χ1) is 21.4. The zero-order valence-corrected chi connectivity index (χ0v) is 25.6. The summed E-state index contributed by atoms with van der Waals surface area (Å²) in [6.07, 6.45) is 2.95. The maximum Gasteiger partial charge on any atom is 0.270 e. The van der Waals surface area contributed by atoms with Crippen LogP contribution in [0.3, 0.4) is 0 Å². The number of anilines is 2. The fourth-order valence-corrected chi connectivity index (χ4v) is 5.93. The van der Waals surface area contributed by atoms with Crippen molar-refractivity contribution in [3.8, 4) is 5.75 Å². The molecule has 3 aliphatic heterocycles. The molecule has 1 atom stereocenters. The number of fused-ring (bicyclic) bond motifs is 1. The maximum atomic E-state index is 13.2. The third kappa shape index (κ3) is 7.41. The summed E-state index contributed by atoms with van der Waals surface area (Å²) < 4.78 is 16.3. The van der Waals surface area contributed by atoms with E-state index in [1.165, 1.54) is 6.39 Å². The average molecular weight is 627 g/mol. The largest absolute Gasteiger partial charge is 0.484 e. The molecule has 6 rings (SSSR count). The number of β-amino-alcohol motifs (C(OH)–C–C–N with tert-alkyl or cyclic N) is 1. The topological polar surface area (TPSA) is 141 Å². The number of carbonyl (C=O) groups excluding carboxylic acids is 1. The fourth-order valence-electron chi connectivity index (χ4n) is 5.60. The highest BCUT2D eigenvalue weighted by molar-refractivity contribution is 6.33. The number of amides is 1. The molecule has 5 heterocycles. The number of hydrogen-bond donors (Lipinski definition) is 3. The van der Waals surface area contributed by atoms with Gasteiger partial charge in [0.2, 0.25) is 5.95 Å². The van der Waals surface area contributed by atoms with Gasteiger partial charge in [0.15, 0.2) is 12.2 Å². The summed E-state index contributed by atoms with van der Waals surface area (Å²) in [4.78, 5) is 33.1. The van der Waals surface area contributed by atoms with Crippen LogP contribution >= 0.6 is 11.6 Å². The normalized spacial score (nSPS) is 18.4. The molecule has 1 amide bonds. The standard InChI is InChI=1S/C30H39ClN8O5/c1-2-37-7-9-39(10-8-37)30-35-25(11-27(36-30)34-21-16-42-17-21)29(41)33-12-22(40)15-38-6-5-24-20(14-38)3-4-26(28(24)31)43-18-23-13-32-19-44-23/h3-4,11,13,19,21-22,40H,2,5-10,12,14-18H2,1H3,(H,33,41)(H,34,35,36). The molecule has 0 bridgehead atoms. The van der Waals surface area contributed by atoms with Crippen LogP contribution in [0.15, 0.2) is 35.2 Å². The number of aliphatic hydroxyl groups excluding tert-OH is 1. The highest BCUT2D eigenvalue weighted by atomic mass is 35.5. The van der Waals surface area contributed by atoms with E-state index in [-0.39, 0.29) is 30.8 Å². The molecule has 3 N–H and O–H groups in total. The summed E-state index contributed by atoms with van der Waals surface area (Å²) in [6, 6.07) is 5.70. The lowest BCUT2D eigenvalue weighted by molar-refractivity contribution is 0.0209. The van der Waals surface area contributed by atoms with E-state index >= 15 is 0 Å². The van der Waals surface area contributed by atoms with Crippen molar-refractivity contribution in [3.05, 3.63) is 58.4 Å². The third-order valence-electron chi connectivity index (χ3n) is 8.24. The maximum absolute atomic E-state index is 13.2. The van der Waals surface area contributed by atoms with Gasteiger partial charge in [0.1, 0.15) is 23.9 Å². The van der Waals surface area contributed by atoms with E-state index in [0.29, 0.717) is 54.6 Å². The van der Waals surface area contributed by atoms with Crippen molar-refractivity contribution < 1.29 is 23.8 Å². The van der Waals surface area contributed by atoms with Gasteiger partial charge in [-0.1, -0.05) is 24.6 Å². The summed E-state index contributed by atoms with van der Waals surface area (Å²) in [5.74, 6) is 2.02. The van der Waals surface area contributed by atoms with Crippen molar-refractivity contribution in [2.24, 2.45) is 0 Å². The quantitative estimate of drug-likeness (QED) is 0.270. The summed E-state index contributed by atoms with van der Waals surface area (Å²) in [5.41, 5.74) is 2.41. The van der Waals surface area contributed by atoms with E-state index in [1.54, 1.807) is 12.3 Å². The predicted octanol–water partition coefficient (Wildman–Crippen LogP) is 1.80. The number of piperazine rings is 1. The smallest absolute Gasteiger partial charge is 0.270 e. The van der Waals surface area contributed by atoms with Crippen molar-refractivity contribution in [3.63, 3.8) is 0 Å². The molecule has 13 nitrogen and oxygen atoms in total. The van der Waals surface area contributed by atoms with Gasteiger partial charge in [0.05, 0.1) is 36.6 Å². The lowest BCUT2D eigenvalue weighted by Gasteiger charge is -2.34. The van der Waals surface area contributed by atoms with Gasteiger partial charge < -0.3 is 39.4 Å². The second-order valence-corrected chi connectivity index (χ2v) is 11.7. The number of nitrogens with one attached hydrogen (secondary N) is 2. The minimum atomic E-state index is -0.756. The van der Waals surface area contributed by atoms with E-state index in [4.69, 9.17) is 30.5 Å². The van der Waals surface area contributed by atoms with E-state index in [0.717, 1.165) is 56.8 Å². The molecule has 2 fully saturated rings. The molecule has 2 saturated heterocycles. The van der Waals surface area contributed by atoms with E-state index in [2.05, 4.69) is 42.2 Å². The van der Waals surface area contributed by atoms with Crippen LogP contribution in [-0.2, 0) is 24.3 Å². The number of nitrogens with zero attached hydrogens (tertiary/aromatic N) is 6. The molecule has 3 aliphatic rings. The van der Waals surface area contributed by atoms with Gasteiger partial charge in [-0.3, -0.25) is 9.69 Å². The first kappa shape index (κ1) is 30.5. The lowest BCUT2D eigenvalue weighted by atomic mass is 9.99. The van der Waals surface area contributed by atoms with Crippen molar-refractivity contribution in [2.45, 2.75) is 38.6 Å². The predicted molar refractivity (Wildman–Crippen MR) is 164 cm³/mol. The monoisotopic (exact) mass is 626 g/mol. The molecular weight excluding hydrogens is 588 g/mol. The minimum absolute atomic E-state index is 0.102. The van der Waals surface area contributed by atoms with Gasteiger partial charge in [-0.15, -0.1) is 0 Å². The minimum Gasteiger partial charge on any atom is -0.484 e. The van der Waals surface area contributed by atoms with E-state index in [1.807, 2.05) is 12.1 Å². The zero-order chi connectivity index (χ0) is 30.5. The van der Waals surface area contributed by atoms with E-state index in [9.17, 15) is 9.90 Å². The Balaban J connectivity index is 1.03. The molecule has 0 radical (unpaired) electrons. The number of hydrogen-bond acceptors (Lipinski definition) is 12. The van der Waals surface area contributed by atoms with Crippen LogP contribution in [0.5, 0.6) is 5.75 Å². The zero-order valence-electron chi connectivity index (χ0n) is 24.9. The number of carbonyl (C=O) groups is 1. The molecule has 1 unspecified atom stereocenters. The van der Waals surface area contributed by atoms with Crippen molar-refractivity contribution in [1.29, 1.82) is 0 Å². The van der Waals surface area contributed by atoms with Crippen LogP contribution in [0.2, 0.25) is 5.02 Å². The van der Waals surface area contributed by atoms with Crippen molar-refractivity contribution in [2.75, 3.05) is 75.8 Å². The Hall–Kier alpha value is -3.49. The number of likely N-dealkylation sites (N-methyl/N-ethyl adjacent to an activating group) is 1.